The van der Waals surface area contributed by atoms with Crippen molar-refractivity contribution in [3.05, 3.63) is 106 Å². The molecule has 0 bridgehead atoms. The smallest absolute Gasteiger partial charge is 0.251 e. The average molecular weight is 558 g/mol. The summed E-state index contributed by atoms with van der Waals surface area (Å²) in [7, 11) is 1.40. The number of fused-ring (bicyclic) bond motifs is 1. The topological polar surface area (TPSA) is 87.2 Å². The fraction of sp³-hybridized carbons (Fsp3) is 0.188. The minimum Gasteiger partial charge on any atom is -0.494 e. The second kappa shape index (κ2) is 11.9. The largest absolute Gasteiger partial charge is 0.494 e. The molecule has 1 unspecified atom stereocenters. The molecular formula is C32H29ClFN3O3. The Hall–Kier alpha value is -4.20. The van der Waals surface area contributed by atoms with Crippen molar-refractivity contribution in [3.63, 3.8) is 0 Å². The number of amides is 1. The number of hydrogen-bond donors (Lipinski definition) is 3. The van der Waals surface area contributed by atoms with Crippen LogP contribution >= 0.6 is 11.6 Å². The quantitative estimate of drug-likeness (QED) is 0.175. The van der Waals surface area contributed by atoms with Crippen LogP contribution in [0.25, 0.3) is 33.5 Å². The number of nitrogens with one attached hydrogen (secondary N) is 2. The first kappa shape index (κ1) is 27.4. The van der Waals surface area contributed by atoms with Crippen LogP contribution in [0, 0.1) is 5.82 Å². The molecule has 0 aliphatic carbocycles. The summed E-state index contributed by atoms with van der Waals surface area (Å²) in [6, 6.07) is 23.2. The van der Waals surface area contributed by atoms with Gasteiger partial charge < -0.3 is 20.1 Å². The van der Waals surface area contributed by atoms with Crippen LogP contribution in [0.5, 0.6) is 5.75 Å². The van der Waals surface area contributed by atoms with Gasteiger partial charge in [0.2, 0.25) is 0 Å². The summed E-state index contributed by atoms with van der Waals surface area (Å²) in [4.78, 5) is 21.1. The molecule has 5 aromatic rings. The second-order valence-corrected chi connectivity index (χ2v) is 9.91. The Labute approximate surface area is 236 Å². The number of H-pyrrole nitrogens is 1. The molecule has 0 saturated carbocycles. The number of carbonyl (C=O) groups excluding carboxylic acids is 1. The molecule has 1 amide bonds. The molecule has 0 fully saturated rings. The van der Waals surface area contributed by atoms with E-state index >= 15 is 0 Å². The number of methoxy groups -OCH3 is 1. The Morgan fingerprint density at radius 3 is 2.60 bits per heavy atom. The molecule has 0 aliphatic rings. The monoisotopic (exact) mass is 557 g/mol. The second-order valence-electron chi connectivity index (χ2n) is 9.51. The summed E-state index contributed by atoms with van der Waals surface area (Å²) in [5.41, 5.74) is 5.03. The Balaban J connectivity index is 1.52. The van der Waals surface area contributed by atoms with Gasteiger partial charge in [-0.25, -0.2) is 9.37 Å². The van der Waals surface area contributed by atoms with E-state index in [9.17, 15) is 14.3 Å². The molecule has 1 heterocycles. The molecule has 8 heteroatoms. The Morgan fingerprint density at radius 2 is 1.88 bits per heavy atom. The molecule has 204 valence electrons. The number of nitrogens with zero attached hydrogens (tertiary/aromatic N) is 1. The normalized spacial score (nSPS) is 11.9. The molecule has 5 rings (SSSR count). The van der Waals surface area contributed by atoms with Crippen molar-refractivity contribution in [2.45, 2.75) is 32.4 Å². The van der Waals surface area contributed by atoms with E-state index in [-0.39, 0.29) is 24.3 Å². The van der Waals surface area contributed by atoms with Crippen molar-refractivity contribution < 1.29 is 19.0 Å². The van der Waals surface area contributed by atoms with Crippen LogP contribution < -0.4 is 10.1 Å². The lowest BCUT2D eigenvalue weighted by Crippen LogP contribution is -2.28. The lowest BCUT2D eigenvalue weighted by Gasteiger charge is -2.20. The van der Waals surface area contributed by atoms with Gasteiger partial charge in [-0.05, 0) is 41.3 Å². The van der Waals surface area contributed by atoms with Crippen LogP contribution in [0.1, 0.15) is 47.3 Å². The molecule has 40 heavy (non-hydrogen) atoms. The van der Waals surface area contributed by atoms with Gasteiger partial charge in [-0.15, -0.1) is 0 Å². The standard InChI is InChI=1S/C32H29ClFN3O3/c1-3-8-26(19-9-5-4-6-10-19)37-32(39)20-13-14-22(21(15-20)18-38)30-23(11-7-12-24(30)33)31-35-27-16-25(34)29(40-2)17-28(27)36-31/h4-7,9-17,26,38H,3,8,18H2,1-2H3,(H,35,36)(H,37,39). The summed E-state index contributed by atoms with van der Waals surface area (Å²) < 4.78 is 19.4. The third kappa shape index (κ3) is 5.43. The number of carbonyl (C=O) groups is 1. The maximum absolute atomic E-state index is 14.3. The van der Waals surface area contributed by atoms with Crippen LogP contribution in [0.15, 0.2) is 78.9 Å². The first-order valence-electron chi connectivity index (χ1n) is 13.1. The van der Waals surface area contributed by atoms with Crippen LogP contribution in [-0.4, -0.2) is 28.1 Å². The number of benzene rings is 4. The van der Waals surface area contributed by atoms with E-state index in [0.717, 1.165) is 18.4 Å². The van der Waals surface area contributed by atoms with Crippen LogP contribution in [0.2, 0.25) is 5.02 Å². The van der Waals surface area contributed by atoms with Crippen molar-refractivity contribution >= 4 is 28.5 Å². The number of aliphatic hydroxyl groups excluding tert-OH is 1. The van der Waals surface area contributed by atoms with Gasteiger partial charge in [0, 0.05) is 33.8 Å². The molecule has 0 saturated heterocycles. The van der Waals surface area contributed by atoms with Gasteiger partial charge >= 0.3 is 0 Å². The van der Waals surface area contributed by atoms with Gasteiger partial charge in [0.1, 0.15) is 5.82 Å². The van der Waals surface area contributed by atoms with E-state index in [1.807, 2.05) is 36.4 Å². The molecule has 1 atom stereocenters. The number of aromatic amines is 1. The first-order chi connectivity index (χ1) is 19.4. The van der Waals surface area contributed by atoms with Crippen molar-refractivity contribution in [2.75, 3.05) is 7.11 Å². The number of halogens is 2. The highest BCUT2D eigenvalue weighted by Gasteiger charge is 2.20. The molecular weight excluding hydrogens is 529 g/mol. The van der Waals surface area contributed by atoms with Gasteiger partial charge in [-0.1, -0.05) is 73.5 Å². The highest BCUT2D eigenvalue weighted by Crippen LogP contribution is 2.39. The van der Waals surface area contributed by atoms with Gasteiger partial charge in [-0.2, -0.15) is 0 Å². The zero-order valence-corrected chi connectivity index (χ0v) is 22.9. The molecule has 3 N–H and O–H groups in total. The van der Waals surface area contributed by atoms with E-state index in [0.29, 0.717) is 49.7 Å². The average Bonchev–Trinajstić information content (AvgIpc) is 3.39. The summed E-state index contributed by atoms with van der Waals surface area (Å²) in [6.45, 7) is 1.78. The lowest BCUT2D eigenvalue weighted by atomic mass is 9.93. The van der Waals surface area contributed by atoms with Crippen LogP contribution in [0.3, 0.4) is 0 Å². The summed E-state index contributed by atoms with van der Waals surface area (Å²) in [5.74, 6) is -0.143. The number of hydrogen-bond acceptors (Lipinski definition) is 4. The van der Waals surface area contributed by atoms with Crippen LogP contribution in [0.4, 0.5) is 4.39 Å². The number of imidazole rings is 1. The number of aromatic nitrogens is 2. The first-order valence-corrected chi connectivity index (χ1v) is 13.4. The molecule has 4 aromatic carbocycles. The predicted octanol–water partition coefficient (Wildman–Crippen LogP) is 7.46. The highest BCUT2D eigenvalue weighted by atomic mass is 35.5. The lowest BCUT2D eigenvalue weighted by molar-refractivity contribution is 0.0934. The van der Waals surface area contributed by atoms with Crippen molar-refractivity contribution in [3.8, 4) is 28.3 Å². The predicted molar refractivity (Wildman–Crippen MR) is 156 cm³/mol. The maximum Gasteiger partial charge on any atom is 0.251 e. The van der Waals surface area contributed by atoms with Crippen LogP contribution in [-0.2, 0) is 6.61 Å². The Morgan fingerprint density at radius 1 is 1.07 bits per heavy atom. The summed E-state index contributed by atoms with van der Waals surface area (Å²) in [5, 5.41) is 13.9. The SMILES string of the molecule is CCCC(NC(=O)c1ccc(-c2c(Cl)cccc2-c2nc3cc(OC)c(F)cc3[nH]2)c(CO)c1)c1ccccc1. The van der Waals surface area contributed by atoms with E-state index in [1.165, 1.54) is 19.2 Å². The minimum absolute atomic E-state index is 0.0988. The fourth-order valence-corrected chi connectivity index (χ4v) is 5.21. The summed E-state index contributed by atoms with van der Waals surface area (Å²) in [6.07, 6.45) is 1.72. The third-order valence-electron chi connectivity index (χ3n) is 6.92. The van der Waals surface area contributed by atoms with Gasteiger partial charge in [0.25, 0.3) is 5.91 Å². The van der Waals surface area contributed by atoms with Crippen molar-refractivity contribution in [2.24, 2.45) is 0 Å². The molecule has 0 radical (unpaired) electrons. The van der Waals surface area contributed by atoms with Gasteiger partial charge in [-0.3, -0.25) is 4.79 Å². The van der Waals surface area contributed by atoms with E-state index in [2.05, 4.69) is 22.2 Å². The van der Waals surface area contributed by atoms with E-state index < -0.39 is 5.82 Å². The highest BCUT2D eigenvalue weighted by molar-refractivity contribution is 6.34. The maximum atomic E-state index is 14.3. The molecule has 0 aliphatic heterocycles. The number of rotatable bonds is 9. The number of aliphatic hydroxyl groups is 1. The van der Waals surface area contributed by atoms with E-state index in [4.69, 9.17) is 16.3 Å². The van der Waals surface area contributed by atoms with Crippen molar-refractivity contribution in [1.82, 2.24) is 15.3 Å². The van der Waals surface area contributed by atoms with Crippen molar-refractivity contribution in [1.29, 1.82) is 0 Å². The molecule has 0 spiro atoms. The van der Waals surface area contributed by atoms with Gasteiger partial charge in [0.05, 0.1) is 30.8 Å². The minimum atomic E-state index is -0.499. The third-order valence-corrected chi connectivity index (χ3v) is 7.23. The molecule has 1 aromatic heterocycles. The van der Waals surface area contributed by atoms with Gasteiger partial charge in [0.15, 0.2) is 11.6 Å². The zero-order chi connectivity index (χ0) is 28.2. The Kier molecular flexibility index (Phi) is 8.14. The van der Waals surface area contributed by atoms with E-state index in [1.54, 1.807) is 30.3 Å². The fourth-order valence-electron chi connectivity index (χ4n) is 4.94. The summed E-state index contributed by atoms with van der Waals surface area (Å²) >= 11 is 6.71. The Bertz CT molecular complexity index is 1670. The molecule has 6 nitrogen and oxygen atoms in total. The number of ether oxygens (including phenoxy) is 1. The zero-order valence-electron chi connectivity index (χ0n) is 22.2.